The van der Waals surface area contributed by atoms with E-state index in [4.69, 9.17) is 5.11 Å². The molecule has 5 nitrogen and oxygen atoms in total. The number of carbonyl (C=O) groups excluding carboxylic acids is 2. The van der Waals surface area contributed by atoms with E-state index in [1.807, 2.05) is 0 Å². The smallest absolute Gasteiger partial charge is 0.307 e. The van der Waals surface area contributed by atoms with Gasteiger partial charge in [0.1, 0.15) is 0 Å². The van der Waals surface area contributed by atoms with E-state index in [0.717, 1.165) is 12.2 Å². The fourth-order valence-corrected chi connectivity index (χ4v) is 0.349. The van der Waals surface area contributed by atoms with Gasteiger partial charge in [0.15, 0.2) is 0 Å². The van der Waals surface area contributed by atoms with Gasteiger partial charge in [-0.1, -0.05) is 6.08 Å². The number of carbonyl (C=O) groups is 3. The largest absolute Gasteiger partial charge is 0.481 e. The zero-order valence-corrected chi connectivity index (χ0v) is 5.61. The second-order valence-corrected chi connectivity index (χ2v) is 1.73. The van der Waals surface area contributed by atoms with Crippen molar-refractivity contribution in [1.82, 2.24) is 0 Å². The summed E-state index contributed by atoms with van der Waals surface area (Å²) in [6, 6.07) is 0. The summed E-state index contributed by atoms with van der Waals surface area (Å²) in [5, 5.41) is 8.09. The van der Waals surface area contributed by atoms with Crippen molar-refractivity contribution in [2.75, 3.05) is 0 Å². The Morgan fingerprint density at radius 1 is 1.36 bits per heavy atom. The van der Waals surface area contributed by atoms with Crippen molar-refractivity contribution in [3.63, 3.8) is 0 Å². The zero-order chi connectivity index (χ0) is 8.85. The first-order valence-corrected chi connectivity index (χ1v) is 2.76. The summed E-state index contributed by atoms with van der Waals surface area (Å²) in [6.45, 7) is 0. The second-order valence-electron chi connectivity index (χ2n) is 1.73. The molecule has 5 heteroatoms. The summed E-state index contributed by atoms with van der Waals surface area (Å²) in [5.74, 6) is -3.06. The normalized spacial score (nSPS) is 9.82. The van der Waals surface area contributed by atoms with Crippen LogP contribution in [0.3, 0.4) is 0 Å². The lowest BCUT2D eigenvalue weighted by molar-refractivity contribution is -0.136. The number of carboxylic acids is 1. The fraction of sp³-hybridized carbons (Fsp3) is 0.167. The van der Waals surface area contributed by atoms with Gasteiger partial charge in [0.05, 0.1) is 6.42 Å². The Labute approximate surface area is 62.5 Å². The highest BCUT2D eigenvalue weighted by molar-refractivity contribution is 6.40. The standard InChI is InChI=1S/C6H7NO4/c7-6(11)4(8)2-1-3-5(9)10/h1-2H,3H2,(H2,7,11)(H,9,10)/b2-1+. The van der Waals surface area contributed by atoms with Gasteiger partial charge in [-0.05, 0) is 6.08 Å². The molecule has 0 aromatic rings. The molecule has 0 atom stereocenters. The van der Waals surface area contributed by atoms with Gasteiger partial charge >= 0.3 is 5.97 Å². The van der Waals surface area contributed by atoms with Crippen molar-refractivity contribution >= 4 is 17.7 Å². The van der Waals surface area contributed by atoms with Crippen LogP contribution in [0, 0.1) is 0 Å². The molecule has 0 aromatic heterocycles. The predicted molar refractivity (Wildman–Crippen MR) is 35.6 cm³/mol. The maximum Gasteiger partial charge on any atom is 0.307 e. The van der Waals surface area contributed by atoms with E-state index in [1.165, 1.54) is 0 Å². The summed E-state index contributed by atoms with van der Waals surface area (Å²) in [7, 11) is 0. The molecule has 0 rings (SSSR count). The van der Waals surface area contributed by atoms with E-state index in [1.54, 1.807) is 0 Å². The van der Waals surface area contributed by atoms with E-state index in [-0.39, 0.29) is 6.42 Å². The number of hydrogen-bond acceptors (Lipinski definition) is 3. The highest BCUT2D eigenvalue weighted by atomic mass is 16.4. The minimum absolute atomic E-state index is 0.293. The lowest BCUT2D eigenvalue weighted by atomic mass is 10.3. The lowest BCUT2D eigenvalue weighted by Crippen LogP contribution is -2.20. The molecule has 0 spiro atoms. The molecule has 0 aliphatic rings. The summed E-state index contributed by atoms with van der Waals surface area (Å²) in [5.41, 5.74) is 4.57. The van der Waals surface area contributed by atoms with Gasteiger partial charge in [-0.2, -0.15) is 0 Å². The first-order valence-electron chi connectivity index (χ1n) is 2.76. The van der Waals surface area contributed by atoms with Crippen molar-refractivity contribution in [3.05, 3.63) is 12.2 Å². The van der Waals surface area contributed by atoms with Gasteiger partial charge in [-0.25, -0.2) is 0 Å². The third-order valence-electron chi connectivity index (χ3n) is 0.805. The number of aliphatic carboxylic acids is 1. The molecule has 0 aliphatic heterocycles. The molecule has 0 bridgehead atoms. The quantitative estimate of drug-likeness (QED) is 0.407. The molecule has 11 heavy (non-hydrogen) atoms. The highest BCUT2D eigenvalue weighted by Crippen LogP contribution is 1.83. The van der Waals surface area contributed by atoms with Crippen LogP contribution in [0.4, 0.5) is 0 Å². The summed E-state index contributed by atoms with van der Waals surface area (Å²) in [4.78, 5) is 30.3. The topological polar surface area (TPSA) is 97.5 Å². The van der Waals surface area contributed by atoms with E-state index in [9.17, 15) is 14.4 Å². The van der Waals surface area contributed by atoms with Gasteiger partial charge in [-0.15, -0.1) is 0 Å². The monoisotopic (exact) mass is 157 g/mol. The molecule has 1 amide bonds. The molecule has 0 heterocycles. The number of rotatable bonds is 4. The molecule has 0 aliphatic carbocycles. The Morgan fingerprint density at radius 3 is 2.27 bits per heavy atom. The van der Waals surface area contributed by atoms with Crippen molar-refractivity contribution in [2.24, 2.45) is 5.73 Å². The third kappa shape index (κ3) is 4.83. The number of amides is 1. The number of hydrogen-bond donors (Lipinski definition) is 2. The minimum Gasteiger partial charge on any atom is -0.481 e. The molecule has 60 valence electrons. The van der Waals surface area contributed by atoms with Gasteiger partial charge in [-0.3, -0.25) is 14.4 Å². The van der Waals surface area contributed by atoms with Gasteiger partial charge in [0.2, 0.25) is 5.78 Å². The van der Waals surface area contributed by atoms with Crippen molar-refractivity contribution in [1.29, 1.82) is 0 Å². The fourth-order valence-electron chi connectivity index (χ4n) is 0.349. The van der Waals surface area contributed by atoms with E-state index in [0.29, 0.717) is 0 Å². The molecule has 0 saturated heterocycles. The van der Waals surface area contributed by atoms with Crippen LogP contribution < -0.4 is 5.73 Å². The molecule has 3 N–H and O–H groups in total. The molecule has 0 saturated carbocycles. The Morgan fingerprint density at radius 2 is 1.91 bits per heavy atom. The molecular formula is C6H7NO4. The Balaban J connectivity index is 3.84. The first kappa shape index (κ1) is 9.35. The zero-order valence-electron chi connectivity index (χ0n) is 5.61. The van der Waals surface area contributed by atoms with Gasteiger partial charge in [0, 0.05) is 0 Å². The minimum atomic E-state index is -1.09. The van der Waals surface area contributed by atoms with Crippen LogP contribution in [0.1, 0.15) is 6.42 Å². The predicted octanol–water partition coefficient (Wildman–Crippen LogP) is -0.928. The highest BCUT2D eigenvalue weighted by Gasteiger charge is 2.02. The van der Waals surface area contributed by atoms with Gasteiger partial charge in [0.25, 0.3) is 5.91 Å². The first-order chi connectivity index (χ1) is 5.04. The summed E-state index contributed by atoms with van der Waals surface area (Å²) >= 11 is 0. The summed E-state index contributed by atoms with van der Waals surface area (Å²) < 4.78 is 0. The van der Waals surface area contributed by atoms with Gasteiger partial charge < -0.3 is 10.8 Å². The van der Waals surface area contributed by atoms with Crippen LogP contribution in [0.5, 0.6) is 0 Å². The van der Waals surface area contributed by atoms with Crippen LogP contribution in [-0.4, -0.2) is 22.8 Å². The molecule has 0 fully saturated rings. The molecule has 0 radical (unpaired) electrons. The van der Waals surface area contributed by atoms with Crippen LogP contribution in [0.2, 0.25) is 0 Å². The number of nitrogens with two attached hydrogens (primary N) is 1. The van der Waals surface area contributed by atoms with Crippen LogP contribution in [-0.2, 0) is 14.4 Å². The van der Waals surface area contributed by atoms with Crippen LogP contribution in [0.25, 0.3) is 0 Å². The third-order valence-corrected chi connectivity index (χ3v) is 0.805. The lowest BCUT2D eigenvalue weighted by Gasteiger charge is -1.83. The number of primary amides is 1. The molecular weight excluding hydrogens is 150 g/mol. The molecule has 0 unspecified atom stereocenters. The van der Waals surface area contributed by atoms with E-state index in [2.05, 4.69) is 5.73 Å². The second kappa shape index (κ2) is 4.21. The Bertz CT molecular complexity index is 219. The molecule has 0 aromatic carbocycles. The van der Waals surface area contributed by atoms with Crippen LogP contribution in [0.15, 0.2) is 12.2 Å². The Kier molecular flexibility index (Phi) is 3.58. The average Bonchev–Trinajstić information content (AvgIpc) is 1.86. The van der Waals surface area contributed by atoms with Crippen molar-refractivity contribution in [2.45, 2.75) is 6.42 Å². The van der Waals surface area contributed by atoms with Crippen molar-refractivity contribution in [3.8, 4) is 0 Å². The van der Waals surface area contributed by atoms with Crippen molar-refractivity contribution < 1.29 is 19.5 Å². The SMILES string of the molecule is NC(=O)C(=O)/C=C/CC(=O)O. The van der Waals surface area contributed by atoms with Crippen LogP contribution >= 0.6 is 0 Å². The number of carboxylic acid groups (broad SMARTS) is 1. The average molecular weight is 157 g/mol. The summed E-state index contributed by atoms with van der Waals surface area (Å²) in [6.07, 6.45) is 1.62. The number of ketones is 1. The maximum absolute atomic E-state index is 10.4. The Hall–Kier alpha value is -1.65. The van der Waals surface area contributed by atoms with E-state index < -0.39 is 17.7 Å². The maximum atomic E-state index is 10.4. The van der Waals surface area contributed by atoms with E-state index >= 15 is 0 Å².